The number of hydrogen-bond donors (Lipinski definition) is 1. The lowest BCUT2D eigenvalue weighted by Crippen LogP contribution is -2.39. The van der Waals surface area contributed by atoms with E-state index in [0.29, 0.717) is 47.6 Å². The number of rotatable bonds is 4. The van der Waals surface area contributed by atoms with Crippen LogP contribution in [0, 0.1) is 25.2 Å². The summed E-state index contributed by atoms with van der Waals surface area (Å²) in [5.41, 5.74) is 8.55. The van der Waals surface area contributed by atoms with Crippen LogP contribution >= 0.6 is 11.3 Å². The molecule has 5 aromatic rings. The molecule has 218 valence electrons. The molecule has 0 unspecified atom stereocenters. The van der Waals surface area contributed by atoms with E-state index in [-0.39, 0.29) is 12.7 Å². The van der Waals surface area contributed by atoms with E-state index < -0.39 is 5.60 Å². The Morgan fingerprint density at radius 2 is 1.74 bits per heavy atom. The second-order valence-electron chi connectivity index (χ2n) is 11.8. The van der Waals surface area contributed by atoms with E-state index in [1.807, 2.05) is 45.9 Å². The van der Waals surface area contributed by atoms with Crippen molar-refractivity contribution in [2.45, 2.75) is 59.8 Å². The summed E-state index contributed by atoms with van der Waals surface area (Å²) in [5.74, 6) is 0.428. The summed E-state index contributed by atoms with van der Waals surface area (Å²) >= 11 is 1.63. The molecule has 1 amide bonds. The fraction of sp³-hybridized carbons (Fsp3) is 0.294. The van der Waals surface area contributed by atoms with Crippen molar-refractivity contribution in [3.8, 4) is 39.2 Å². The lowest BCUT2D eigenvalue weighted by molar-refractivity contribution is 0.0225. The Morgan fingerprint density at radius 1 is 1.07 bits per heavy atom. The summed E-state index contributed by atoms with van der Waals surface area (Å²) in [4.78, 5) is 25.2. The number of nitrogens with zero attached hydrogens (tertiary/aromatic N) is 4. The molecule has 0 fully saturated rings. The number of aliphatic hydroxyl groups is 1. The summed E-state index contributed by atoms with van der Waals surface area (Å²) in [6.45, 7) is 10.7. The number of hydrogen-bond acceptors (Lipinski definition) is 8. The third kappa shape index (κ3) is 5.40. The maximum absolute atomic E-state index is 12.7. The number of benzene rings is 3. The van der Waals surface area contributed by atoms with E-state index in [1.165, 1.54) is 0 Å². The average Bonchev–Trinajstić information content (AvgIpc) is 3.60. The minimum atomic E-state index is -0.535. The van der Waals surface area contributed by atoms with Crippen LogP contribution in [-0.4, -0.2) is 38.2 Å². The van der Waals surface area contributed by atoms with Crippen LogP contribution in [0.5, 0.6) is 0 Å². The van der Waals surface area contributed by atoms with E-state index in [2.05, 4.69) is 36.2 Å². The predicted octanol–water partition coefficient (Wildman–Crippen LogP) is 7.56. The standard InChI is InChI=1S/C34H32N4O4S/c1-19-23(8-6-10-25(19)31-36-28-15-21(18-39)14-22(16-35)30(28)41-31)24-9-7-11-26(20(24)2)32-37-27-12-13-38(17-29(27)43-32)33(40)42-34(3,4)5/h6-11,14-15,39H,12-13,17-18H2,1-5H3. The first-order valence-electron chi connectivity index (χ1n) is 14.2. The molecule has 6 rings (SSSR count). The fourth-order valence-corrected chi connectivity index (χ4v) is 6.70. The van der Waals surface area contributed by atoms with Gasteiger partial charge in [-0.1, -0.05) is 30.3 Å². The Bertz CT molecular complexity index is 1930. The van der Waals surface area contributed by atoms with Gasteiger partial charge in [0.25, 0.3) is 0 Å². The number of oxazole rings is 1. The molecule has 8 nitrogen and oxygen atoms in total. The second kappa shape index (κ2) is 11.0. The highest BCUT2D eigenvalue weighted by atomic mass is 32.1. The zero-order chi connectivity index (χ0) is 30.5. The van der Waals surface area contributed by atoms with Gasteiger partial charge in [-0.3, -0.25) is 0 Å². The lowest BCUT2D eigenvalue weighted by Gasteiger charge is -2.29. The Hall–Kier alpha value is -4.52. The second-order valence-corrected chi connectivity index (χ2v) is 12.9. The van der Waals surface area contributed by atoms with Gasteiger partial charge in [-0.05, 0) is 80.6 Å². The Balaban J connectivity index is 1.34. The highest BCUT2D eigenvalue weighted by Gasteiger charge is 2.28. The molecule has 0 radical (unpaired) electrons. The van der Waals surface area contributed by atoms with Crippen molar-refractivity contribution >= 4 is 28.5 Å². The molecule has 2 aromatic heterocycles. The van der Waals surface area contributed by atoms with Crippen molar-refractivity contribution < 1.29 is 19.1 Å². The molecule has 1 aliphatic rings. The smallest absolute Gasteiger partial charge is 0.410 e. The first-order valence-corrected chi connectivity index (χ1v) is 15.0. The van der Waals surface area contributed by atoms with E-state index >= 15 is 0 Å². The SMILES string of the molecule is Cc1c(-c2nc3cc(CO)cc(C#N)c3o2)cccc1-c1cccc(-c2nc3c(s2)CN(C(=O)OC(C)(C)C)CC3)c1C. The van der Waals surface area contributed by atoms with Crippen molar-refractivity contribution in [2.24, 2.45) is 0 Å². The first kappa shape index (κ1) is 28.6. The number of nitriles is 1. The summed E-state index contributed by atoms with van der Waals surface area (Å²) in [5, 5.41) is 20.2. The van der Waals surface area contributed by atoms with E-state index in [4.69, 9.17) is 14.1 Å². The van der Waals surface area contributed by atoms with Crippen LogP contribution in [0.2, 0.25) is 0 Å². The van der Waals surface area contributed by atoms with Crippen molar-refractivity contribution in [3.63, 3.8) is 0 Å². The number of carbonyl (C=O) groups excluding carboxylic acids is 1. The van der Waals surface area contributed by atoms with Gasteiger partial charge in [-0.15, -0.1) is 11.3 Å². The largest absolute Gasteiger partial charge is 0.444 e. The number of thiazole rings is 1. The summed E-state index contributed by atoms with van der Waals surface area (Å²) in [6.07, 6.45) is 0.404. The normalized spacial score (nSPS) is 13.2. The maximum Gasteiger partial charge on any atom is 0.410 e. The van der Waals surface area contributed by atoms with Crippen molar-refractivity contribution in [1.82, 2.24) is 14.9 Å². The molecular weight excluding hydrogens is 560 g/mol. The Kier molecular flexibility index (Phi) is 7.28. The van der Waals surface area contributed by atoms with Crippen molar-refractivity contribution in [2.75, 3.05) is 6.54 Å². The molecule has 0 atom stereocenters. The zero-order valence-corrected chi connectivity index (χ0v) is 25.6. The van der Waals surface area contributed by atoms with Gasteiger partial charge in [0.2, 0.25) is 5.89 Å². The number of amides is 1. The third-order valence-corrected chi connectivity index (χ3v) is 8.77. The van der Waals surface area contributed by atoms with Gasteiger partial charge in [0.15, 0.2) is 5.58 Å². The fourth-order valence-electron chi connectivity index (χ4n) is 5.49. The maximum atomic E-state index is 12.7. The molecule has 0 aliphatic carbocycles. The number of ether oxygens (including phenoxy) is 1. The van der Waals surface area contributed by atoms with Gasteiger partial charge in [0.05, 0.1) is 24.4 Å². The summed E-state index contributed by atoms with van der Waals surface area (Å²) in [7, 11) is 0. The van der Waals surface area contributed by atoms with Crippen LogP contribution in [0.4, 0.5) is 4.79 Å². The Labute approximate surface area is 254 Å². The number of carbonyl (C=O) groups is 1. The number of aliphatic hydroxyl groups excluding tert-OH is 1. The highest BCUT2D eigenvalue weighted by Crippen LogP contribution is 2.40. The van der Waals surface area contributed by atoms with Crippen molar-refractivity contribution in [3.05, 3.63) is 81.4 Å². The molecule has 1 N–H and O–H groups in total. The Morgan fingerprint density at radius 3 is 2.42 bits per heavy atom. The van der Waals surface area contributed by atoms with E-state index in [1.54, 1.807) is 28.4 Å². The van der Waals surface area contributed by atoms with Crippen LogP contribution in [-0.2, 0) is 24.3 Å². The molecule has 3 heterocycles. The topological polar surface area (TPSA) is 112 Å². The highest BCUT2D eigenvalue weighted by molar-refractivity contribution is 7.15. The van der Waals surface area contributed by atoms with Gasteiger partial charge in [0.1, 0.15) is 22.2 Å². The molecule has 0 spiro atoms. The monoisotopic (exact) mass is 592 g/mol. The van der Waals surface area contributed by atoms with Gasteiger partial charge >= 0.3 is 6.09 Å². The van der Waals surface area contributed by atoms with Gasteiger partial charge < -0.3 is 19.2 Å². The molecule has 9 heteroatoms. The van der Waals surface area contributed by atoms with E-state index in [9.17, 15) is 15.2 Å². The van der Waals surface area contributed by atoms with E-state index in [0.717, 1.165) is 49.0 Å². The average molecular weight is 593 g/mol. The minimum Gasteiger partial charge on any atom is -0.444 e. The zero-order valence-electron chi connectivity index (χ0n) is 24.8. The molecule has 3 aromatic carbocycles. The lowest BCUT2D eigenvalue weighted by atomic mass is 9.91. The molecule has 0 saturated carbocycles. The quantitative estimate of drug-likeness (QED) is 0.229. The molecular formula is C34H32N4O4S. The summed E-state index contributed by atoms with van der Waals surface area (Å²) in [6, 6.07) is 17.8. The van der Waals surface area contributed by atoms with Crippen LogP contribution in [0.25, 0.3) is 44.3 Å². The number of aromatic nitrogens is 2. The molecule has 0 bridgehead atoms. The predicted molar refractivity (Wildman–Crippen MR) is 166 cm³/mol. The van der Waals surface area contributed by atoms with Gasteiger partial charge in [0, 0.05) is 29.0 Å². The number of fused-ring (bicyclic) bond motifs is 2. The third-order valence-electron chi connectivity index (χ3n) is 7.65. The molecule has 0 saturated heterocycles. The summed E-state index contributed by atoms with van der Waals surface area (Å²) < 4.78 is 11.7. The first-order chi connectivity index (χ1) is 20.6. The molecule has 1 aliphatic heterocycles. The van der Waals surface area contributed by atoms with Gasteiger partial charge in [-0.2, -0.15) is 5.26 Å². The molecule has 43 heavy (non-hydrogen) atoms. The van der Waals surface area contributed by atoms with Crippen molar-refractivity contribution in [1.29, 1.82) is 5.26 Å². The van der Waals surface area contributed by atoms with Crippen LogP contribution < -0.4 is 0 Å². The van der Waals surface area contributed by atoms with Crippen LogP contribution in [0.15, 0.2) is 52.9 Å². The van der Waals surface area contributed by atoms with Crippen LogP contribution in [0.3, 0.4) is 0 Å². The minimum absolute atomic E-state index is 0.180. The van der Waals surface area contributed by atoms with Gasteiger partial charge in [-0.25, -0.2) is 14.8 Å². The van der Waals surface area contributed by atoms with Crippen LogP contribution in [0.1, 0.15) is 53.6 Å².